The lowest BCUT2D eigenvalue weighted by molar-refractivity contribution is 0.146. The standard InChI is InChI=1S/C18H21N3O3S/c1-13-3-7-16(8-4-13)25(22,23)20-11-14(2)24-18(12-20)17-9-10-21(19-17)15-5-6-15/h3-4,7-10,12,14-15H,5-6,11H2,1-2H3/t14-/m1/s1. The van der Waals surface area contributed by atoms with Crippen molar-refractivity contribution in [3.8, 4) is 0 Å². The van der Waals surface area contributed by atoms with Crippen molar-refractivity contribution in [1.29, 1.82) is 0 Å². The van der Waals surface area contributed by atoms with Crippen LogP contribution in [0.2, 0.25) is 0 Å². The van der Waals surface area contributed by atoms with Gasteiger partial charge in [-0.3, -0.25) is 8.99 Å². The van der Waals surface area contributed by atoms with Crippen LogP contribution in [0, 0.1) is 6.92 Å². The van der Waals surface area contributed by atoms with Crippen LogP contribution in [-0.4, -0.2) is 35.2 Å². The molecule has 1 fully saturated rings. The molecule has 1 aliphatic heterocycles. The summed E-state index contributed by atoms with van der Waals surface area (Å²) in [5.41, 5.74) is 1.69. The van der Waals surface area contributed by atoms with Gasteiger partial charge in [0.25, 0.3) is 10.0 Å². The molecule has 4 rings (SSSR count). The third-order valence-electron chi connectivity index (χ3n) is 4.44. The van der Waals surface area contributed by atoms with Crippen molar-refractivity contribution < 1.29 is 13.2 Å². The van der Waals surface area contributed by atoms with Gasteiger partial charge in [0.2, 0.25) is 0 Å². The molecule has 1 aliphatic carbocycles. The fraction of sp³-hybridized carbons (Fsp3) is 0.389. The highest BCUT2D eigenvalue weighted by atomic mass is 32.2. The van der Waals surface area contributed by atoms with E-state index in [9.17, 15) is 8.42 Å². The molecule has 0 radical (unpaired) electrons. The van der Waals surface area contributed by atoms with Crippen LogP contribution in [0.5, 0.6) is 0 Å². The van der Waals surface area contributed by atoms with E-state index in [-0.39, 0.29) is 17.5 Å². The molecule has 2 aromatic rings. The quantitative estimate of drug-likeness (QED) is 0.842. The van der Waals surface area contributed by atoms with E-state index >= 15 is 0 Å². The minimum Gasteiger partial charge on any atom is -0.485 e. The van der Waals surface area contributed by atoms with E-state index in [2.05, 4.69) is 5.10 Å². The summed E-state index contributed by atoms with van der Waals surface area (Å²) in [5, 5.41) is 4.53. The Balaban J connectivity index is 1.67. The van der Waals surface area contributed by atoms with Crippen LogP contribution in [0.15, 0.2) is 47.6 Å². The Bertz CT molecular complexity index is 911. The first-order valence-corrected chi connectivity index (χ1v) is 9.90. The van der Waals surface area contributed by atoms with Crippen LogP contribution in [0.25, 0.3) is 5.76 Å². The molecule has 0 saturated heterocycles. The second-order valence-corrected chi connectivity index (χ2v) is 8.61. The molecule has 2 aliphatic rings. The molecule has 6 nitrogen and oxygen atoms in total. The SMILES string of the molecule is Cc1ccc(S(=O)(=O)N2C=C(c3ccn(C4CC4)n3)O[C@H](C)C2)cc1. The van der Waals surface area contributed by atoms with Crippen LogP contribution in [0.1, 0.15) is 37.1 Å². The second kappa shape index (κ2) is 5.91. The molecule has 2 heterocycles. The molecule has 132 valence electrons. The molecular weight excluding hydrogens is 338 g/mol. The Hall–Kier alpha value is -2.28. The van der Waals surface area contributed by atoms with E-state index in [1.165, 1.54) is 4.31 Å². The average Bonchev–Trinajstić information content (AvgIpc) is 3.32. The minimum atomic E-state index is -3.61. The number of sulfonamides is 1. The van der Waals surface area contributed by atoms with Gasteiger partial charge in [-0.05, 0) is 44.9 Å². The summed E-state index contributed by atoms with van der Waals surface area (Å²) in [7, 11) is -3.61. The van der Waals surface area contributed by atoms with Crippen LogP contribution in [0.3, 0.4) is 0 Å². The fourth-order valence-corrected chi connectivity index (χ4v) is 4.26. The predicted octanol–water partition coefficient (Wildman–Crippen LogP) is 2.93. The van der Waals surface area contributed by atoms with Crippen molar-refractivity contribution in [3.05, 3.63) is 54.0 Å². The number of rotatable bonds is 4. The average molecular weight is 359 g/mol. The van der Waals surface area contributed by atoms with Crippen molar-refractivity contribution >= 4 is 15.8 Å². The van der Waals surface area contributed by atoms with Crippen molar-refractivity contribution in [3.63, 3.8) is 0 Å². The van der Waals surface area contributed by atoms with Gasteiger partial charge in [-0.25, -0.2) is 8.42 Å². The van der Waals surface area contributed by atoms with Crippen molar-refractivity contribution in [2.24, 2.45) is 0 Å². The third kappa shape index (κ3) is 3.16. The number of benzene rings is 1. The number of ether oxygens (including phenoxy) is 1. The van der Waals surface area contributed by atoms with E-state index in [1.54, 1.807) is 30.5 Å². The molecular formula is C18H21N3O3S. The maximum absolute atomic E-state index is 12.9. The zero-order valence-corrected chi connectivity index (χ0v) is 15.1. The van der Waals surface area contributed by atoms with Gasteiger partial charge in [0.05, 0.1) is 23.7 Å². The molecule has 0 spiro atoms. The van der Waals surface area contributed by atoms with E-state index < -0.39 is 10.0 Å². The van der Waals surface area contributed by atoms with Crippen LogP contribution in [-0.2, 0) is 14.8 Å². The lowest BCUT2D eigenvalue weighted by Crippen LogP contribution is -2.37. The second-order valence-electron chi connectivity index (χ2n) is 6.72. The van der Waals surface area contributed by atoms with E-state index in [0.29, 0.717) is 17.5 Å². The fourth-order valence-electron chi connectivity index (χ4n) is 2.87. The molecule has 7 heteroatoms. The van der Waals surface area contributed by atoms with Gasteiger partial charge >= 0.3 is 0 Å². The molecule has 0 N–H and O–H groups in total. The van der Waals surface area contributed by atoms with Gasteiger partial charge < -0.3 is 4.74 Å². The molecule has 1 aromatic carbocycles. The zero-order valence-electron chi connectivity index (χ0n) is 14.3. The molecule has 1 atom stereocenters. The molecule has 0 unspecified atom stereocenters. The van der Waals surface area contributed by atoms with Gasteiger partial charge in [0.15, 0.2) is 5.76 Å². The Labute approximate surface area is 147 Å². The van der Waals surface area contributed by atoms with Crippen LogP contribution >= 0.6 is 0 Å². The van der Waals surface area contributed by atoms with Crippen molar-refractivity contribution in [2.75, 3.05) is 6.54 Å². The monoisotopic (exact) mass is 359 g/mol. The number of aromatic nitrogens is 2. The summed E-state index contributed by atoms with van der Waals surface area (Å²) >= 11 is 0. The molecule has 25 heavy (non-hydrogen) atoms. The van der Waals surface area contributed by atoms with Gasteiger partial charge in [-0.1, -0.05) is 17.7 Å². The summed E-state index contributed by atoms with van der Waals surface area (Å²) in [6.45, 7) is 4.08. The summed E-state index contributed by atoms with van der Waals surface area (Å²) in [6.07, 6.45) is 5.52. The van der Waals surface area contributed by atoms with E-state index in [4.69, 9.17) is 4.74 Å². The molecule has 0 bridgehead atoms. The van der Waals surface area contributed by atoms with Gasteiger partial charge in [0.1, 0.15) is 11.8 Å². The topological polar surface area (TPSA) is 64.4 Å². The maximum Gasteiger partial charge on any atom is 0.264 e. The Morgan fingerprint density at radius 2 is 1.88 bits per heavy atom. The number of hydrogen-bond donors (Lipinski definition) is 0. The summed E-state index contributed by atoms with van der Waals surface area (Å²) in [5.74, 6) is 0.494. The molecule has 1 saturated carbocycles. The van der Waals surface area contributed by atoms with E-state index in [1.807, 2.05) is 30.8 Å². The highest BCUT2D eigenvalue weighted by Gasteiger charge is 2.30. The lowest BCUT2D eigenvalue weighted by Gasteiger charge is -2.30. The van der Waals surface area contributed by atoms with Gasteiger partial charge in [-0.15, -0.1) is 0 Å². The normalized spacial score (nSPS) is 21.0. The van der Waals surface area contributed by atoms with Crippen LogP contribution in [0.4, 0.5) is 0 Å². The molecule has 0 amide bonds. The highest BCUT2D eigenvalue weighted by molar-refractivity contribution is 7.89. The Morgan fingerprint density at radius 1 is 1.16 bits per heavy atom. The largest absolute Gasteiger partial charge is 0.485 e. The maximum atomic E-state index is 12.9. The summed E-state index contributed by atoms with van der Waals surface area (Å²) in [6, 6.07) is 9.24. The Morgan fingerprint density at radius 3 is 2.56 bits per heavy atom. The summed E-state index contributed by atoms with van der Waals surface area (Å²) in [4.78, 5) is 0.284. The van der Waals surface area contributed by atoms with E-state index in [0.717, 1.165) is 18.4 Å². The lowest BCUT2D eigenvalue weighted by atomic mass is 10.2. The predicted molar refractivity (Wildman–Crippen MR) is 94.1 cm³/mol. The van der Waals surface area contributed by atoms with Gasteiger partial charge in [0, 0.05) is 6.20 Å². The smallest absolute Gasteiger partial charge is 0.264 e. The number of nitrogens with zero attached hydrogens (tertiary/aromatic N) is 3. The minimum absolute atomic E-state index is 0.244. The van der Waals surface area contributed by atoms with Crippen molar-refractivity contribution in [1.82, 2.24) is 14.1 Å². The third-order valence-corrected chi connectivity index (χ3v) is 6.18. The first-order valence-electron chi connectivity index (χ1n) is 8.46. The molecule has 1 aromatic heterocycles. The summed E-state index contributed by atoms with van der Waals surface area (Å²) < 4.78 is 35.0. The zero-order chi connectivity index (χ0) is 17.6. The Kier molecular flexibility index (Phi) is 3.83. The first kappa shape index (κ1) is 16.2. The number of hydrogen-bond acceptors (Lipinski definition) is 4. The highest BCUT2D eigenvalue weighted by Crippen LogP contribution is 2.35. The van der Waals surface area contributed by atoms with Gasteiger partial charge in [-0.2, -0.15) is 5.10 Å². The van der Waals surface area contributed by atoms with Crippen molar-refractivity contribution in [2.45, 2.75) is 43.7 Å². The van der Waals surface area contributed by atoms with Crippen LogP contribution < -0.4 is 0 Å². The first-order chi connectivity index (χ1) is 11.9. The number of aryl methyl sites for hydroxylation is 1.